The van der Waals surface area contributed by atoms with Crippen LogP contribution in [0.1, 0.15) is 26.1 Å². The van der Waals surface area contributed by atoms with Gasteiger partial charge in [0.25, 0.3) is 0 Å². The molecule has 12 atom stereocenters. The minimum Gasteiger partial charge on any atom is -0.394 e. The summed E-state index contributed by atoms with van der Waals surface area (Å²) in [5.41, 5.74) is 12.9. The fourth-order valence-corrected chi connectivity index (χ4v) is 5.07. The van der Waals surface area contributed by atoms with Crippen molar-refractivity contribution in [3.05, 3.63) is 68.0 Å². The molecular formula is C28H37F6N9O10. The molecule has 3 aromatic rings. The lowest BCUT2D eigenvalue weighted by Gasteiger charge is -2.15. The molecule has 12 unspecified atom stereocenters. The van der Waals surface area contributed by atoms with Crippen LogP contribution in [0, 0.1) is 5.82 Å². The van der Waals surface area contributed by atoms with Gasteiger partial charge in [0.2, 0.25) is 0 Å². The summed E-state index contributed by atoms with van der Waals surface area (Å²) in [4.78, 5) is 44.2. The summed E-state index contributed by atoms with van der Waals surface area (Å²) in [6, 6.07) is 2.55. The number of ether oxygens (including phenoxy) is 3. The van der Waals surface area contributed by atoms with Gasteiger partial charge in [-0.2, -0.15) is 15.0 Å². The summed E-state index contributed by atoms with van der Waals surface area (Å²) in [7, 11) is 0. The van der Waals surface area contributed by atoms with Crippen molar-refractivity contribution in [1.82, 2.24) is 28.7 Å². The van der Waals surface area contributed by atoms with Gasteiger partial charge in [0, 0.05) is 12.4 Å². The number of alkyl halides is 5. The molecule has 6 rings (SSSR count). The minimum absolute atomic E-state index is 0. The van der Waals surface area contributed by atoms with E-state index in [-0.39, 0.29) is 19.1 Å². The van der Waals surface area contributed by atoms with Crippen LogP contribution in [0.4, 0.5) is 43.8 Å². The predicted molar refractivity (Wildman–Crippen MR) is 169 cm³/mol. The summed E-state index contributed by atoms with van der Waals surface area (Å²) in [6.45, 7) is -1.94. The van der Waals surface area contributed by atoms with Crippen molar-refractivity contribution in [3.8, 4) is 0 Å². The van der Waals surface area contributed by atoms with Gasteiger partial charge in [0.05, 0.1) is 26.0 Å². The second-order valence-electron chi connectivity index (χ2n) is 11.2. The Balaban J connectivity index is 0.000000212. The van der Waals surface area contributed by atoms with Crippen LogP contribution < -0.4 is 34.3 Å². The third kappa shape index (κ3) is 9.11. The van der Waals surface area contributed by atoms with Gasteiger partial charge >= 0.3 is 17.1 Å². The minimum atomic E-state index is -2.03. The second-order valence-corrected chi connectivity index (χ2v) is 11.2. The van der Waals surface area contributed by atoms with Gasteiger partial charge in [-0.25, -0.2) is 40.7 Å². The van der Waals surface area contributed by atoms with Crippen molar-refractivity contribution in [2.24, 2.45) is 0 Å². The fraction of sp³-hybridized carbons (Fsp3) is 0.571. The summed E-state index contributed by atoms with van der Waals surface area (Å²) in [5.74, 6) is -1.65. The number of hydrogen-bond acceptors (Lipinski definition) is 16. The number of aliphatic hydroxyl groups is 4. The van der Waals surface area contributed by atoms with Crippen LogP contribution >= 0.6 is 0 Å². The van der Waals surface area contributed by atoms with E-state index in [1.807, 2.05) is 0 Å². The molecule has 3 aromatic heterocycles. The molecule has 0 spiro atoms. The molecule has 0 aromatic carbocycles. The van der Waals surface area contributed by atoms with Crippen molar-refractivity contribution < 1.29 is 61.0 Å². The van der Waals surface area contributed by atoms with Gasteiger partial charge in [0.1, 0.15) is 36.1 Å². The fourth-order valence-electron chi connectivity index (χ4n) is 5.07. The van der Waals surface area contributed by atoms with Crippen LogP contribution in [0.3, 0.4) is 0 Å². The molecular weight excluding hydrogens is 733 g/mol. The van der Waals surface area contributed by atoms with Gasteiger partial charge in [-0.1, -0.05) is 7.43 Å². The van der Waals surface area contributed by atoms with Crippen LogP contribution in [0.15, 0.2) is 45.1 Å². The number of aromatic nitrogens is 6. The Kier molecular flexibility index (Phi) is 14.4. The van der Waals surface area contributed by atoms with E-state index in [4.69, 9.17) is 46.7 Å². The highest BCUT2D eigenvalue weighted by molar-refractivity contribution is 5.27. The van der Waals surface area contributed by atoms with Gasteiger partial charge in [-0.15, -0.1) is 0 Å². The summed E-state index contributed by atoms with van der Waals surface area (Å²) in [5, 5.41) is 35.8. The molecule has 19 nitrogen and oxygen atoms in total. The Morgan fingerprint density at radius 1 is 0.623 bits per heavy atom. The third-order valence-electron chi connectivity index (χ3n) is 7.79. The second kappa shape index (κ2) is 17.9. The smallest absolute Gasteiger partial charge is 0.351 e. The lowest BCUT2D eigenvalue weighted by Crippen LogP contribution is -2.34. The lowest BCUT2D eigenvalue weighted by molar-refractivity contribution is -0.0494. The topological polar surface area (TPSA) is 291 Å². The highest BCUT2D eigenvalue weighted by Gasteiger charge is 2.48. The molecule has 3 aliphatic rings. The predicted octanol–water partition coefficient (Wildman–Crippen LogP) is -2.03. The number of aliphatic hydroxyl groups excluding tert-OH is 4. The molecule has 0 radical (unpaired) electrons. The average Bonchev–Trinajstić information content (AvgIpc) is 3.67. The van der Waals surface area contributed by atoms with Crippen molar-refractivity contribution in [1.29, 1.82) is 0 Å². The number of rotatable bonds is 6. The Morgan fingerprint density at radius 3 is 1.36 bits per heavy atom. The van der Waals surface area contributed by atoms with Crippen LogP contribution in [0.5, 0.6) is 0 Å². The molecule has 0 bridgehead atoms. The number of nitrogens with zero attached hydrogens (tertiary/aromatic N) is 6. The maximum Gasteiger partial charge on any atom is 0.351 e. The molecule has 25 heteroatoms. The Bertz CT molecular complexity index is 1770. The van der Waals surface area contributed by atoms with Gasteiger partial charge < -0.3 is 51.8 Å². The molecule has 0 aliphatic carbocycles. The van der Waals surface area contributed by atoms with Crippen molar-refractivity contribution in [2.45, 2.75) is 81.4 Å². The van der Waals surface area contributed by atoms with E-state index >= 15 is 0 Å². The molecule has 296 valence electrons. The zero-order valence-electron chi connectivity index (χ0n) is 26.4. The molecule has 0 saturated carbocycles. The van der Waals surface area contributed by atoms with E-state index in [0.717, 1.165) is 9.13 Å². The van der Waals surface area contributed by atoms with E-state index in [2.05, 4.69) is 15.0 Å². The molecule has 3 saturated heterocycles. The maximum atomic E-state index is 13.7. The maximum absolute atomic E-state index is 13.7. The van der Waals surface area contributed by atoms with Crippen molar-refractivity contribution >= 4 is 17.5 Å². The van der Waals surface area contributed by atoms with E-state index in [1.54, 1.807) is 0 Å². The van der Waals surface area contributed by atoms with Crippen molar-refractivity contribution in [2.75, 3.05) is 37.0 Å². The highest BCUT2D eigenvalue weighted by atomic mass is 19.1. The first-order valence-electron chi connectivity index (χ1n) is 14.9. The lowest BCUT2D eigenvalue weighted by atomic mass is 10.1. The van der Waals surface area contributed by atoms with Crippen molar-refractivity contribution in [3.63, 3.8) is 0 Å². The highest BCUT2D eigenvalue weighted by Crippen LogP contribution is 2.34. The molecule has 10 N–H and O–H groups in total. The summed E-state index contributed by atoms with van der Waals surface area (Å²) in [6.07, 6.45) is -16.8. The first kappa shape index (κ1) is 42.8. The quantitative estimate of drug-likeness (QED) is 0.133. The van der Waals surface area contributed by atoms with Gasteiger partial charge in [-0.05, 0) is 12.1 Å². The number of anilines is 3. The zero-order chi connectivity index (χ0) is 38.6. The number of nitrogens with two attached hydrogens (primary N) is 3. The normalized spacial score (nSPS) is 31.9. The Labute approximate surface area is 293 Å². The SMILES string of the molecule is C.Nc1ccn(C2OC(CO)C(F)C2[18F])c(=O)n1.Nc1ccn(C2OC(CO)C([18F])C2F)c(=O)n1.Nc1nc(=O)n(C2OC(CO)C(O)C2F)cc1[18F]. The molecule has 0 amide bonds. The van der Waals surface area contributed by atoms with Crippen LogP contribution in [-0.4, -0.2) is 124 Å². The van der Waals surface area contributed by atoms with Gasteiger partial charge in [-0.3, -0.25) is 13.7 Å². The molecule has 3 fully saturated rings. The molecule has 6 heterocycles. The monoisotopic (exact) mass is 770 g/mol. The summed E-state index contributed by atoms with van der Waals surface area (Å²) < 4.78 is 97.5. The Morgan fingerprint density at radius 2 is 1.00 bits per heavy atom. The number of nitrogen functional groups attached to an aromatic ring is 3. The number of hydrogen-bond donors (Lipinski definition) is 7. The largest absolute Gasteiger partial charge is 0.394 e. The number of halogens is 6. The van der Waals surface area contributed by atoms with E-state index in [0.29, 0.717) is 10.8 Å². The first-order valence-corrected chi connectivity index (χ1v) is 14.9. The summed E-state index contributed by atoms with van der Waals surface area (Å²) >= 11 is 0. The van der Waals surface area contributed by atoms with E-state index in [9.17, 15) is 45.8 Å². The molecule has 3 aliphatic heterocycles. The van der Waals surface area contributed by atoms with Crippen LogP contribution in [0.2, 0.25) is 0 Å². The average molecular weight is 771 g/mol. The van der Waals surface area contributed by atoms with E-state index in [1.165, 1.54) is 24.5 Å². The van der Waals surface area contributed by atoms with Crippen LogP contribution in [-0.2, 0) is 14.2 Å². The Hall–Kier alpha value is -4.66. The zero-order valence-corrected chi connectivity index (χ0v) is 26.4. The van der Waals surface area contributed by atoms with Crippen LogP contribution in [0.25, 0.3) is 0 Å². The third-order valence-corrected chi connectivity index (χ3v) is 7.79. The standard InChI is InChI=1S/C9H11F2N3O4.2C9H11F2N3O3.CH4/c10-3-1-14(9(17)13-7(3)12)8-5(11)6(16)4(2-15)18-8;2*10-6-4(3-15)17-8(7(6)11)14-2-1-5(12)13-9(14)16;/h1,4-6,8,15-16H,2H2,(H2,12,13,17);2*1-2,4,6-8,15H,3H2,(H2,12,13,16);1H4/i10-1;11-1;10-1;. The first-order chi connectivity index (χ1) is 24.5. The molecule has 53 heavy (non-hydrogen) atoms. The van der Waals surface area contributed by atoms with Gasteiger partial charge in [0.15, 0.2) is 61.2 Å². The van der Waals surface area contributed by atoms with E-state index < -0.39 is 122 Å².